The highest BCUT2D eigenvalue weighted by molar-refractivity contribution is 6.36. The van der Waals surface area contributed by atoms with E-state index in [0.29, 0.717) is 35.6 Å². The molecule has 0 atom stereocenters. The molecule has 0 aromatic heterocycles. The molecule has 0 unspecified atom stereocenters. The highest BCUT2D eigenvalue weighted by Crippen LogP contribution is 2.24. The lowest BCUT2D eigenvalue weighted by atomic mass is 10.1. The summed E-state index contributed by atoms with van der Waals surface area (Å²) in [6.45, 7) is 1.00. The molecule has 2 aromatic carbocycles. The van der Waals surface area contributed by atoms with Crippen LogP contribution < -0.4 is 11.1 Å². The van der Waals surface area contributed by atoms with E-state index in [2.05, 4.69) is 10.3 Å². The number of nitrogens with zero attached hydrogens (tertiary/aromatic N) is 1. The minimum atomic E-state index is 0.344. The van der Waals surface area contributed by atoms with Gasteiger partial charge in [0.2, 0.25) is 0 Å². The normalized spacial score (nSPS) is 11.5. The molecule has 2 aromatic rings. The summed E-state index contributed by atoms with van der Waals surface area (Å²) in [5.41, 5.74) is 8.72. The molecule has 0 heterocycles. The number of anilines is 1. The maximum Gasteiger partial charge on any atom is 0.193 e. The molecule has 0 saturated carbocycles. The number of hydrogen-bond acceptors (Lipinski definition) is 2. The van der Waals surface area contributed by atoms with Crippen LogP contribution in [0.5, 0.6) is 0 Å². The number of nitrogens with one attached hydrogen (secondary N) is 1. The number of rotatable bonds is 6. The van der Waals surface area contributed by atoms with Gasteiger partial charge >= 0.3 is 0 Å². The van der Waals surface area contributed by atoms with Gasteiger partial charge in [-0.15, -0.1) is 0 Å². The Kier molecular flexibility index (Phi) is 6.71. The lowest BCUT2D eigenvalue weighted by molar-refractivity contribution is 0.185. The molecule has 0 aliphatic carbocycles. The molecule has 0 aliphatic heterocycles. The molecule has 122 valence electrons. The SMILES string of the molecule is COCc1ccccc1NC(N)=NCCc1c(Cl)cccc1Cl. The topological polar surface area (TPSA) is 59.6 Å². The van der Waals surface area contributed by atoms with Crippen molar-refractivity contribution < 1.29 is 4.74 Å². The summed E-state index contributed by atoms with van der Waals surface area (Å²) in [6, 6.07) is 13.2. The average molecular weight is 352 g/mol. The molecule has 0 saturated heterocycles. The number of methoxy groups -OCH3 is 1. The summed E-state index contributed by atoms with van der Waals surface area (Å²) >= 11 is 12.3. The van der Waals surface area contributed by atoms with Crippen LogP contribution in [-0.2, 0) is 17.8 Å². The number of hydrogen-bond donors (Lipinski definition) is 2. The van der Waals surface area contributed by atoms with Crippen molar-refractivity contribution in [3.05, 3.63) is 63.6 Å². The summed E-state index contributed by atoms with van der Waals surface area (Å²) in [5, 5.41) is 4.38. The van der Waals surface area contributed by atoms with E-state index in [9.17, 15) is 0 Å². The fraction of sp³-hybridized carbons (Fsp3) is 0.235. The Morgan fingerprint density at radius 1 is 1.13 bits per heavy atom. The molecule has 2 rings (SSSR count). The number of halogens is 2. The molecule has 6 heteroatoms. The second kappa shape index (κ2) is 8.77. The fourth-order valence-corrected chi connectivity index (χ4v) is 2.75. The highest BCUT2D eigenvalue weighted by atomic mass is 35.5. The first kappa shape index (κ1) is 17.6. The van der Waals surface area contributed by atoms with Crippen molar-refractivity contribution in [1.29, 1.82) is 0 Å². The first-order valence-corrected chi connectivity index (χ1v) is 7.94. The summed E-state index contributed by atoms with van der Waals surface area (Å²) < 4.78 is 5.17. The number of ether oxygens (including phenoxy) is 1. The molecule has 0 bridgehead atoms. The van der Waals surface area contributed by atoms with Crippen molar-refractivity contribution >= 4 is 34.8 Å². The van der Waals surface area contributed by atoms with Crippen LogP contribution in [0.1, 0.15) is 11.1 Å². The van der Waals surface area contributed by atoms with E-state index in [1.165, 1.54) is 0 Å². The zero-order valence-electron chi connectivity index (χ0n) is 12.9. The van der Waals surface area contributed by atoms with Crippen LogP contribution in [0.25, 0.3) is 0 Å². The lowest BCUT2D eigenvalue weighted by Crippen LogP contribution is -2.23. The van der Waals surface area contributed by atoms with Crippen LogP contribution in [0.3, 0.4) is 0 Å². The molecule has 0 radical (unpaired) electrons. The number of guanidine groups is 1. The van der Waals surface area contributed by atoms with Gasteiger partial charge in [-0.3, -0.25) is 4.99 Å². The Morgan fingerprint density at radius 2 is 1.83 bits per heavy atom. The van der Waals surface area contributed by atoms with Crippen molar-refractivity contribution in [3.63, 3.8) is 0 Å². The minimum Gasteiger partial charge on any atom is -0.380 e. The van der Waals surface area contributed by atoms with Crippen LogP contribution in [0.2, 0.25) is 10.0 Å². The smallest absolute Gasteiger partial charge is 0.193 e. The van der Waals surface area contributed by atoms with E-state index in [1.807, 2.05) is 42.5 Å². The summed E-state index contributed by atoms with van der Waals surface area (Å²) in [6.07, 6.45) is 0.626. The monoisotopic (exact) mass is 351 g/mol. The third-order valence-corrected chi connectivity index (χ3v) is 3.99. The van der Waals surface area contributed by atoms with Gasteiger partial charge < -0.3 is 15.8 Å². The maximum absolute atomic E-state index is 6.14. The minimum absolute atomic E-state index is 0.344. The van der Waals surface area contributed by atoms with Gasteiger partial charge in [-0.1, -0.05) is 47.5 Å². The Hall–Kier alpha value is -1.75. The largest absolute Gasteiger partial charge is 0.380 e. The Labute approximate surface area is 146 Å². The first-order chi connectivity index (χ1) is 11.1. The van der Waals surface area contributed by atoms with E-state index in [4.69, 9.17) is 33.7 Å². The van der Waals surface area contributed by atoms with Gasteiger partial charge in [0.05, 0.1) is 6.61 Å². The number of aliphatic imine (C=N–C) groups is 1. The fourth-order valence-electron chi connectivity index (χ4n) is 2.16. The summed E-state index contributed by atoms with van der Waals surface area (Å²) in [7, 11) is 1.65. The second-order valence-corrected chi connectivity index (χ2v) is 5.75. The summed E-state index contributed by atoms with van der Waals surface area (Å²) in [5.74, 6) is 0.344. The predicted molar refractivity (Wildman–Crippen MR) is 97.4 cm³/mol. The molecule has 0 spiro atoms. The Bertz CT molecular complexity index is 669. The first-order valence-electron chi connectivity index (χ1n) is 7.18. The predicted octanol–water partition coefficient (Wildman–Crippen LogP) is 4.11. The molecule has 23 heavy (non-hydrogen) atoms. The third-order valence-electron chi connectivity index (χ3n) is 3.29. The lowest BCUT2D eigenvalue weighted by Gasteiger charge is -2.11. The van der Waals surface area contributed by atoms with Gasteiger partial charge in [-0.2, -0.15) is 0 Å². The molecule has 3 N–H and O–H groups in total. The summed E-state index contributed by atoms with van der Waals surface area (Å²) in [4.78, 5) is 4.32. The van der Waals surface area contributed by atoms with Gasteiger partial charge in [0, 0.05) is 35.0 Å². The van der Waals surface area contributed by atoms with Gasteiger partial charge in [0.1, 0.15) is 0 Å². The molecule has 0 fully saturated rings. The number of para-hydroxylation sites is 1. The van der Waals surface area contributed by atoms with E-state index in [1.54, 1.807) is 7.11 Å². The molecule has 0 amide bonds. The molecule has 4 nitrogen and oxygen atoms in total. The van der Waals surface area contributed by atoms with Crippen molar-refractivity contribution in [3.8, 4) is 0 Å². The average Bonchev–Trinajstić information content (AvgIpc) is 2.52. The zero-order chi connectivity index (χ0) is 16.7. The number of nitrogens with two attached hydrogens (primary N) is 1. The van der Waals surface area contributed by atoms with Gasteiger partial charge in [0.25, 0.3) is 0 Å². The van der Waals surface area contributed by atoms with Crippen molar-refractivity contribution in [2.24, 2.45) is 10.7 Å². The van der Waals surface area contributed by atoms with Gasteiger partial charge in [0.15, 0.2) is 5.96 Å². The van der Waals surface area contributed by atoms with Gasteiger partial charge in [-0.25, -0.2) is 0 Å². The van der Waals surface area contributed by atoms with Crippen LogP contribution in [0, 0.1) is 0 Å². The van der Waals surface area contributed by atoms with Crippen molar-refractivity contribution in [2.45, 2.75) is 13.0 Å². The van der Waals surface area contributed by atoms with Crippen LogP contribution in [-0.4, -0.2) is 19.6 Å². The maximum atomic E-state index is 6.14. The van der Waals surface area contributed by atoms with Crippen LogP contribution >= 0.6 is 23.2 Å². The third kappa shape index (κ3) is 5.13. The van der Waals surface area contributed by atoms with Crippen molar-refractivity contribution in [1.82, 2.24) is 0 Å². The van der Waals surface area contributed by atoms with E-state index >= 15 is 0 Å². The van der Waals surface area contributed by atoms with E-state index in [0.717, 1.165) is 16.8 Å². The quantitative estimate of drug-likeness (QED) is 0.608. The molecule has 0 aliphatic rings. The van der Waals surface area contributed by atoms with Gasteiger partial charge in [-0.05, 0) is 30.2 Å². The second-order valence-electron chi connectivity index (χ2n) is 4.93. The Morgan fingerprint density at radius 3 is 2.52 bits per heavy atom. The van der Waals surface area contributed by atoms with E-state index in [-0.39, 0.29) is 0 Å². The van der Waals surface area contributed by atoms with E-state index < -0.39 is 0 Å². The standard InChI is InChI=1S/C17H19Cl2N3O/c1-23-11-12-5-2-3-8-16(12)22-17(20)21-10-9-13-14(18)6-4-7-15(13)19/h2-8H,9-11H2,1H3,(H3,20,21,22). The highest BCUT2D eigenvalue weighted by Gasteiger charge is 2.05. The Balaban J connectivity index is 1.99. The van der Waals surface area contributed by atoms with Crippen LogP contribution in [0.15, 0.2) is 47.5 Å². The van der Waals surface area contributed by atoms with Crippen molar-refractivity contribution in [2.75, 3.05) is 19.0 Å². The molecular weight excluding hydrogens is 333 g/mol. The molecular formula is C17H19Cl2N3O. The number of benzene rings is 2. The zero-order valence-corrected chi connectivity index (χ0v) is 14.4. The van der Waals surface area contributed by atoms with Crippen LogP contribution in [0.4, 0.5) is 5.69 Å².